The zero-order chi connectivity index (χ0) is 12.3. The summed E-state index contributed by atoms with van der Waals surface area (Å²) < 4.78 is 9.85. The van der Waals surface area contributed by atoms with E-state index in [1.165, 1.54) is 0 Å². The zero-order valence-electron chi connectivity index (χ0n) is 9.46. The first kappa shape index (κ1) is 11.4. The molecule has 1 saturated heterocycles. The molecule has 1 fully saturated rings. The van der Waals surface area contributed by atoms with Crippen molar-refractivity contribution >= 4 is 12.2 Å². The molecule has 5 nitrogen and oxygen atoms in total. The van der Waals surface area contributed by atoms with Gasteiger partial charge in [-0.05, 0) is 12.5 Å². The number of carbonyl (C=O) groups is 2. The molecule has 0 aliphatic carbocycles. The van der Waals surface area contributed by atoms with E-state index >= 15 is 0 Å². The zero-order valence-corrected chi connectivity index (χ0v) is 9.46. The van der Waals surface area contributed by atoms with Crippen LogP contribution in [0.25, 0.3) is 0 Å². The quantitative estimate of drug-likeness (QED) is 0.788. The summed E-state index contributed by atoms with van der Waals surface area (Å²) in [5, 5.41) is 0. The Morgan fingerprint density at radius 2 is 2.18 bits per heavy atom. The lowest BCUT2D eigenvalue weighted by atomic mass is 10.2. The van der Waals surface area contributed by atoms with E-state index in [4.69, 9.17) is 9.47 Å². The Hall–Kier alpha value is -2.04. The molecule has 0 aromatic heterocycles. The summed E-state index contributed by atoms with van der Waals surface area (Å²) in [5.74, 6) is 0. The van der Waals surface area contributed by atoms with Crippen molar-refractivity contribution in [3.8, 4) is 0 Å². The van der Waals surface area contributed by atoms with Crippen LogP contribution in [0.15, 0.2) is 30.3 Å². The molecule has 1 aromatic carbocycles. The number of hydrogen-bond donors (Lipinski definition) is 0. The molecule has 0 saturated carbocycles. The number of ether oxygens (including phenoxy) is 2. The molecular weight excluding hydrogens is 222 g/mol. The van der Waals surface area contributed by atoms with Gasteiger partial charge < -0.3 is 9.47 Å². The van der Waals surface area contributed by atoms with Crippen LogP contribution in [0.2, 0.25) is 0 Å². The standard InChI is InChI=1S/C12H13NO4/c1-9-7-13(12(15)17-9)11(14)16-8-10-5-3-2-4-6-10/h2-6,9H,7-8H2,1H3. The van der Waals surface area contributed by atoms with Gasteiger partial charge in [-0.25, -0.2) is 14.5 Å². The van der Waals surface area contributed by atoms with Gasteiger partial charge in [-0.3, -0.25) is 0 Å². The largest absolute Gasteiger partial charge is 0.444 e. The molecule has 90 valence electrons. The van der Waals surface area contributed by atoms with Crippen LogP contribution in [0.3, 0.4) is 0 Å². The number of imide groups is 1. The second-order valence-electron chi connectivity index (χ2n) is 3.85. The fraction of sp³-hybridized carbons (Fsp3) is 0.333. The summed E-state index contributed by atoms with van der Waals surface area (Å²) in [5.41, 5.74) is 0.876. The summed E-state index contributed by atoms with van der Waals surface area (Å²) in [6, 6.07) is 9.28. The summed E-state index contributed by atoms with van der Waals surface area (Å²) in [7, 11) is 0. The smallest absolute Gasteiger partial charge is 0.419 e. The van der Waals surface area contributed by atoms with Gasteiger partial charge in [0.25, 0.3) is 0 Å². The average molecular weight is 235 g/mol. The minimum Gasteiger partial charge on any atom is -0.444 e. The van der Waals surface area contributed by atoms with Crippen LogP contribution in [0, 0.1) is 0 Å². The molecule has 1 aliphatic heterocycles. The molecule has 2 amide bonds. The van der Waals surface area contributed by atoms with Crippen molar-refractivity contribution in [1.29, 1.82) is 0 Å². The SMILES string of the molecule is CC1CN(C(=O)OCc2ccccc2)C(=O)O1. The van der Waals surface area contributed by atoms with Crippen LogP contribution in [0.1, 0.15) is 12.5 Å². The molecule has 17 heavy (non-hydrogen) atoms. The van der Waals surface area contributed by atoms with Gasteiger partial charge in [0.15, 0.2) is 0 Å². The Morgan fingerprint density at radius 3 is 2.76 bits per heavy atom. The number of cyclic esters (lactones) is 1. The highest BCUT2D eigenvalue weighted by Crippen LogP contribution is 2.12. The third-order valence-electron chi connectivity index (χ3n) is 2.39. The van der Waals surface area contributed by atoms with Crippen LogP contribution in [0.5, 0.6) is 0 Å². The minimum absolute atomic E-state index is 0.151. The van der Waals surface area contributed by atoms with Crippen LogP contribution in [0.4, 0.5) is 9.59 Å². The molecule has 0 N–H and O–H groups in total. The van der Waals surface area contributed by atoms with E-state index in [-0.39, 0.29) is 19.3 Å². The first-order chi connectivity index (χ1) is 8.16. The maximum atomic E-state index is 11.6. The number of nitrogens with zero attached hydrogens (tertiary/aromatic N) is 1. The van der Waals surface area contributed by atoms with E-state index in [9.17, 15) is 9.59 Å². The molecule has 1 heterocycles. The molecule has 1 unspecified atom stereocenters. The van der Waals surface area contributed by atoms with Gasteiger partial charge in [0, 0.05) is 0 Å². The Labute approximate surface area is 98.9 Å². The van der Waals surface area contributed by atoms with Gasteiger partial charge in [0.05, 0.1) is 6.54 Å². The van der Waals surface area contributed by atoms with E-state index in [0.717, 1.165) is 10.5 Å². The van der Waals surface area contributed by atoms with Crippen molar-refractivity contribution in [1.82, 2.24) is 4.90 Å². The molecule has 0 radical (unpaired) electrons. The Kier molecular flexibility index (Phi) is 3.27. The van der Waals surface area contributed by atoms with Crippen molar-refractivity contribution in [2.45, 2.75) is 19.6 Å². The molecule has 2 rings (SSSR count). The topological polar surface area (TPSA) is 55.8 Å². The Morgan fingerprint density at radius 1 is 1.47 bits per heavy atom. The number of rotatable bonds is 2. The summed E-state index contributed by atoms with van der Waals surface area (Å²) in [4.78, 5) is 23.8. The van der Waals surface area contributed by atoms with Gasteiger partial charge in [-0.1, -0.05) is 30.3 Å². The highest BCUT2D eigenvalue weighted by atomic mass is 16.6. The van der Waals surface area contributed by atoms with Crippen LogP contribution < -0.4 is 0 Å². The van der Waals surface area contributed by atoms with Crippen molar-refractivity contribution in [3.05, 3.63) is 35.9 Å². The number of carbonyl (C=O) groups excluding carboxylic acids is 2. The van der Waals surface area contributed by atoms with Crippen LogP contribution in [-0.2, 0) is 16.1 Å². The number of hydrogen-bond acceptors (Lipinski definition) is 4. The Balaban J connectivity index is 1.88. The second kappa shape index (κ2) is 4.86. The highest BCUT2D eigenvalue weighted by molar-refractivity contribution is 5.89. The third-order valence-corrected chi connectivity index (χ3v) is 2.39. The average Bonchev–Trinajstić information content (AvgIpc) is 2.67. The highest BCUT2D eigenvalue weighted by Gasteiger charge is 2.34. The van der Waals surface area contributed by atoms with Crippen LogP contribution in [-0.4, -0.2) is 29.7 Å². The molecular formula is C12H13NO4. The third kappa shape index (κ3) is 2.75. The first-order valence-electron chi connectivity index (χ1n) is 5.35. The molecule has 5 heteroatoms. The summed E-state index contributed by atoms with van der Waals surface area (Å²) in [6.45, 7) is 2.12. The monoisotopic (exact) mass is 235 g/mol. The fourth-order valence-electron chi connectivity index (χ4n) is 1.55. The predicted molar refractivity (Wildman–Crippen MR) is 59.3 cm³/mol. The van der Waals surface area contributed by atoms with Crippen molar-refractivity contribution in [2.75, 3.05) is 6.54 Å². The number of benzene rings is 1. The number of amides is 2. The van der Waals surface area contributed by atoms with Gasteiger partial charge in [-0.15, -0.1) is 0 Å². The maximum Gasteiger partial charge on any atom is 0.419 e. The maximum absolute atomic E-state index is 11.6. The minimum atomic E-state index is -0.664. The van der Waals surface area contributed by atoms with Crippen LogP contribution >= 0.6 is 0 Å². The van der Waals surface area contributed by atoms with Gasteiger partial charge in [-0.2, -0.15) is 0 Å². The van der Waals surface area contributed by atoms with Gasteiger partial charge in [0.2, 0.25) is 0 Å². The predicted octanol–water partition coefficient (Wildman–Crippen LogP) is 2.16. The van der Waals surface area contributed by atoms with E-state index < -0.39 is 12.2 Å². The van der Waals surface area contributed by atoms with E-state index in [2.05, 4.69) is 0 Å². The lowest BCUT2D eigenvalue weighted by molar-refractivity contribution is 0.103. The molecule has 1 aromatic rings. The Bertz CT molecular complexity index is 418. The molecule has 1 aliphatic rings. The van der Waals surface area contributed by atoms with Gasteiger partial charge >= 0.3 is 12.2 Å². The lowest BCUT2D eigenvalue weighted by Crippen LogP contribution is -2.32. The van der Waals surface area contributed by atoms with Gasteiger partial charge in [0.1, 0.15) is 12.7 Å². The molecule has 0 spiro atoms. The van der Waals surface area contributed by atoms with Crippen molar-refractivity contribution < 1.29 is 19.1 Å². The van der Waals surface area contributed by atoms with Crippen molar-refractivity contribution in [2.24, 2.45) is 0 Å². The normalized spacial score (nSPS) is 19.0. The lowest BCUT2D eigenvalue weighted by Gasteiger charge is -2.11. The van der Waals surface area contributed by atoms with Crippen molar-refractivity contribution in [3.63, 3.8) is 0 Å². The van der Waals surface area contributed by atoms with E-state index in [1.54, 1.807) is 6.92 Å². The fourth-order valence-corrected chi connectivity index (χ4v) is 1.55. The summed E-state index contributed by atoms with van der Waals surface area (Å²) in [6.07, 6.45) is -1.58. The molecule has 1 atom stereocenters. The van der Waals surface area contributed by atoms with E-state index in [0.29, 0.717) is 0 Å². The molecule has 0 bridgehead atoms. The first-order valence-corrected chi connectivity index (χ1v) is 5.35. The van der Waals surface area contributed by atoms with E-state index in [1.807, 2.05) is 30.3 Å². The second-order valence-corrected chi connectivity index (χ2v) is 3.85. The summed E-state index contributed by atoms with van der Waals surface area (Å²) >= 11 is 0.